The molecule has 1 aromatic heterocycles. The minimum atomic E-state index is -1.07. The van der Waals surface area contributed by atoms with Gasteiger partial charge in [0.1, 0.15) is 6.61 Å². The molecule has 1 heterocycles. The summed E-state index contributed by atoms with van der Waals surface area (Å²) in [4.78, 5) is 45.5. The summed E-state index contributed by atoms with van der Waals surface area (Å²) >= 11 is 0. The minimum Gasteiger partial charge on any atom is -0.460 e. The molecule has 0 fully saturated rings. The lowest BCUT2D eigenvalue weighted by atomic mass is 10.0. The Balaban J connectivity index is 2.07. The molecule has 0 saturated carbocycles. The first-order chi connectivity index (χ1) is 20.5. The van der Waals surface area contributed by atoms with Crippen LogP contribution in [-0.2, 0) is 19.0 Å². The zero-order valence-electron chi connectivity index (χ0n) is 26.3. The third-order valence-corrected chi connectivity index (χ3v) is 6.94. The van der Waals surface area contributed by atoms with Crippen LogP contribution in [0.25, 0.3) is 0 Å². The fourth-order valence-electron chi connectivity index (χ4n) is 4.45. The SMILES string of the molecule is CCCCCCCCCCCCCCCCCCN(OC)C(=O)OC(CC)OC(=O)NCCOC(=O)c1cccnc1. The number of pyridine rings is 1. The van der Waals surface area contributed by atoms with Crippen LogP contribution in [0.4, 0.5) is 9.59 Å². The number of alkyl carbamates (subject to hydrolysis) is 1. The number of ether oxygens (including phenoxy) is 3. The Morgan fingerprint density at radius 2 is 1.40 bits per heavy atom. The predicted octanol–water partition coefficient (Wildman–Crippen LogP) is 7.96. The normalized spacial score (nSPS) is 11.5. The van der Waals surface area contributed by atoms with E-state index >= 15 is 0 Å². The van der Waals surface area contributed by atoms with Crippen molar-refractivity contribution in [3.05, 3.63) is 30.1 Å². The predicted molar refractivity (Wildman–Crippen MR) is 163 cm³/mol. The van der Waals surface area contributed by atoms with Gasteiger partial charge >= 0.3 is 18.2 Å². The molecule has 1 rings (SSSR count). The molecule has 0 aliphatic rings. The monoisotopic (exact) mass is 593 g/mol. The molecule has 240 valence electrons. The van der Waals surface area contributed by atoms with E-state index in [9.17, 15) is 14.4 Å². The standard InChI is InChI=1S/C32H55N3O7/c1-4-6-7-8-9-10-11-12-13-14-15-16-17-18-19-20-25-35(39-3)32(38)42-29(5-2)41-31(37)34-24-26-40-30(36)28-22-21-23-33-27-28/h21-23,27,29H,4-20,24-26H2,1-3H3,(H,34,37). The van der Waals surface area contributed by atoms with E-state index in [1.807, 2.05) is 0 Å². The van der Waals surface area contributed by atoms with E-state index in [1.54, 1.807) is 25.3 Å². The van der Waals surface area contributed by atoms with E-state index in [-0.39, 0.29) is 19.6 Å². The number of nitrogens with one attached hydrogen (secondary N) is 1. The summed E-state index contributed by atoms with van der Waals surface area (Å²) in [5.41, 5.74) is 0.320. The first kappa shape index (κ1) is 37.1. The van der Waals surface area contributed by atoms with Crippen molar-refractivity contribution in [1.29, 1.82) is 0 Å². The van der Waals surface area contributed by atoms with Gasteiger partial charge in [0.05, 0.1) is 25.8 Å². The van der Waals surface area contributed by atoms with E-state index in [0.717, 1.165) is 24.3 Å². The second-order valence-electron chi connectivity index (χ2n) is 10.5. The molecule has 10 nitrogen and oxygen atoms in total. The number of carbonyl (C=O) groups is 3. The van der Waals surface area contributed by atoms with Crippen molar-refractivity contribution in [3.63, 3.8) is 0 Å². The van der Waals surface area contributed by atoms with Crippen LogP contribution in [0.3, 0.4) is 0 Å². The smallest absolute Gasteiger partial charge is 0.437 e. The maximum Gasteiger partial charge on any atom is 0.437 e. The van der Waals surface area contributed by atoms with Gasteiger partial charge in [0.25, 0.3) is 6.29 Å². The van der Waals surface area contributed by atoms with Crippen LogP contribution < -0.4 is 5.32 Å². The number of unbranched alkanes of at least 4 members (excludes halogenated alkanes) is 15. The van der Waals surface area contributed by atoms with Crippen molar-refractivity contribution in [3.8, 4) is 0 Å². The Morgan fingerprint density at radius 3 is 1.90 bits per heavy atom. The molecular formula is C32H55N3O7. The van der Waals surface area contributed by atoms with Gasteiger partial charge in [0.2, 0.25) is 0 Å². The average molecular weight is 594 g/mol. The summed E-state index contributed by atoms with van der Waals surface area (Å²) in [6.45, 7) is 4.39. The maximum absolute atomic E-state index is 12.5. The van der Waals surface area contributed by atoms with E-state index in [2.05, 4.69) is 17.2 Å². The lowest BCUT2D eigenvalue weighted by molar-refractivity contribution is -0.143. The number of aromatic nitrogens is 1. The number of rotatable bonds is 25. The van der Waals surface area contributed by atoms with Crippen LogP contribution in [0.15, 0.2) is 24.5 Å². The molecule has 0 saturated heterocycles. The molecule has 2 amide bonds. The van der Waals surface area contributed by atoms with Crippen molar-refractivity contribution in [1.82, 2.24) is 15.4 Å². The lowest BCUT2D eigenvalue weighted by Crippen LogP contribution is -2.38. The Bertz CT molecular complexity index is 826. The molecule has 1 atom stereocenters. The number of nitrogens with zero attached hydrogens (tertiary/aromatic N) is 2. The number of amides is 2. The van der Waals surface area contributed by atoms with Gasteiger partial charge in [-0.2, -0.15) is 5.06 Å². The molecule has 1 aromatic rings. The number of hydrogen-bond acceptors (Lipinski definition) is 8. The second kappa shape index (κ2) is 25.8. The quantitative estimate of drug-likeness (QED) is 0.0525. The van der Waals surface area contributed by atoms with E-state index in [1.165, 1.54) is 96.8 Å². The molecule has 0 radical (unpaired) electrons. The molecule has 42 heavy (non-hydrogen) atoms. The molecule has 0 bridgehead atoms. The highest BCUT2D eigenvalue weighted by atomic mass is 16.8. The van der Waals surface area contributed by atoms with Gasteiger partial charge in [0, 0.05) is 18.8 Å². The van der Waals surface area contributed by atoms with Crippen LogP contribution in [0.5, 0.6) is 0 Å². The van der Waals surface area contributed by atoms with Crippen molar-refractivity contribution >= 4 is 18.2 Å². The van der Waals surface area contributed by atoms with Crippen molar-refractivity contribution in [2.45, 2.75) is 129 Å². The van der Waals surface area contributed by atoms with Gasteiger partial charge in [-0.25, -0.2) is 14.4 Å². The Hall–Kier alpha value is -2.88. The molecule has 0 aromatic carbocycles. The molecule has 0 aliphatic heterocycles. The zero-order chi connectivity index (χ0) is 30.7. The Morgan fingerprint density at radius 1 is 0.833 bits per heavy atom. The third-order valence-electron chi connectivity index (χ3n) is 6.94. The highest BCUT2D eigenvalue weighted by Gasteiger charge is 2.22. The number of hydrogen-bond donors (Lipinski definition) is 1. The number of carbonyl (C=O) groups excluding carboxylic acids is 3. The van der Waals surface area contributed by atoms with Crippen LogP contribution in [0, 0.1) is 0 Å². The topological polar surface area (TPSA) is 116 Å². The molecule has 1 unspecified atom stereocenters. The van der Waals surface area contributed by atoms with Gasteiger partial charge in [-0.05, 0) is 18.6 Å². The van der Waals surface area contributed by atoms with Crippen molar-refractivity contribution in [2.24, 2.45) is 0 Å². The van der Waals surface area contributed by atoms with Crippen molar-refractivity contribution in [2.75, 3.05) is 26.8 Å². The number of hydroxylamine groups is 2. The van der Waals surface area contributed by atoms with Crippen LogP contribution in [0.2, 0.25) is 0 Å². The maximum atomic E-state index is 12.5. The summed E-state index contributed by atoms with van der Waals surface area (Å²) < 4.78 is 15.5. The summed E-state index contributed by atoms with van der Waals surface area (Å²) in [5, 5.41) is 3.61. The summed E-state index contributed by atoms with van der Waals surface area (Å²) in [6, 6.07) is 3.21. The Labute approximate surface area is 253 Å². The molecular weight excluding hydrogens is 538 g/mol. The van der Waals surface area contributed by atoms with E-state index in [0.29, 0.717) is 12.1 Å². The Kier molecular flexibility index (Phi) is 22.8. The molecule has 0 spiro atoms. The second-order valence-corrected chi connectivity index (χ2v) is 10.5. The van der Waals surface area contributed by atoms with Crippen LogP contribution in [0.1, 0.15) is 133 Å². The molecule has 10 heteroatoms. The summed E-state index contributed by atoms with van der Waals surface area (Å²) in [7, 11) is 1.41. The number of esters is 1. The average Bonchev–Trinajstić information content (AvgIpc) is 3.00. The van der Waals surface area contributed by atoms with Gasteiger partial charge < -0.3 is 19.5 Å². The zero-order valence-corrected chi connectivity index (χ0v) is 26.3. The fourth-order valence-corrected chi connectivity index (χ4v) is 4.45. The lowest BCUT2D eigenvalue weighted by Gasteiger charge is -2.23. The summed E-state index contributed by atoms with van der Waals surface area (Å²) in [5.74, 6) is -0.539. The summed E-state index contributed by atoms with van der Waals surface area (Å²) in [6.07, 6.45) is 21.1. The molecule has 0 aliphatic carbocycles. The first-order valence-electron chi connectivity index (χ1n) is 16.1. The van der Waals surface area contributed by atoms with E-state index in [4.69, 9.17) is 19.0 Å². The highest BCUT2D eigenvalue weighted by molar-refractivity contribution is 5.88. The van der Waals surface area contributed by atoms with Crippen molar-refractivity contribution < 1.29 is 33.4 Å². The van der Waals surface area contributed by atoms with Gasteiger partial charge in [0.15, 0.2) is 0 Å². The first-order valence-corrected chi connectivity index (χ1v) is 16.1. The fraction of sp³-hybridized carbons (Fsp3) is 0.750. The van der Waals surface area contributed by atoms with Gasteiger partial charge in [-0.1, -0.05) is 110 Å². The van der Waals surface area contributed by atoms with E-state index < -0.39 is 24.4 Å². The minimum absolute atomic E-state index is 0.0403. The van der Waals surface area contributed by atoms with Gasteiger partial charge in [-0.15, -0.1) is 0 Å². The van der Waals surface area contributed by atoms with Gasteiger partial charge in [-0.3, -0.25) is 9.82 Å². The molecule has 1 N–H and O–H groups in total. The van der Waals surface area contributed by atoms with Crippen LogP contribution >= 0.6 is 0 Å². The van der Waals surface area contributed by atoms with Crippen LogP contribution in [-0.4, -0.2) is 61.3 Å². The largest absolute Gasteiger partial charge is 0.460 e. The third kappa shape index (κ3) is 19.3. The highest BCUT2D eigenvalue weighted by Crippen LogP contribution is 2.14.